The molecule has 30 heavy (non-hydrogen) atoms. The Hall–Kier alpha value is -3.61. The van der Waals surface area contributed by atoms with E-state index in [0.717, 1.165) is 22.2 Å². The zero-order valence-corrected chi connectivity index (χ0v) is 16.6. The highest BCUT2D eigenvalue weighted by Gasteiger charge is 2.36. The van der Waals surface area contributed by atoms with Gasteiger partial charge in [-0.3, -0.25) is 9.59 Å². The van der Waals surface area contributed by atoms with Crippen molar-refractivity contribution in [2.45, 2.75) is 18.9 Å². The number of benzene rings is 2. The molecule has 0 spiro atoms. The molecule has 0 aliphatic carbocycles. The van der Waals surface area contributed by atoms with E-state index in [1.165, 1.54) is 7.11 Å². The van der Waals surface area contributed by atoms with Crippen LogP contribution in [0.2, 0.25) is 0 Å². The summed E-state index contributed by atoms with van der Waals surface area (Å²) in [5, 5.41) is 3.79. The van der Waals surface area contributed by atoms with Crippen molar-refractivity contribution in [3.05, 3.63) is 66.4 Å². The predicted octanol–water partition coefficient (Wildman–Crippen LogP) is 2.42. The highest BCUT2D eigenvalue weighted by atomic mass is 16.5. The molecule has 7 heteroatoms. The van der Waals surface area contributed by atoms with Crippen molar-refractivity contribution in [1.82, 2.24) is 10.3 Å². The number of aromatic nitrogens is 1. The van der Waals surface area contributed by atoms with E-state index in [-0.39, 0.29) is 24.8 Å². The first kappa shape index (κ1) is 19.7. The highest BCUT2D eigenvalue weighted by Crippen LogP contribution is 2.25. The maximum absolute atomic E-state index is 12.9. The number of methoxy groups -OCH3 is 1. The van der Waals surface area contributed by atoms with Gasteiger partial charge in [-0.05, 0) is 23.8 Å². The monoisotopic (exact) mass is 405 g/mol. The van der Waals surface area contributed by atoms with Crippen LogP contribution in [0.25, 0.3) is 10.9 Å². The van der Waals surface area contributed by atoms with Gasteiger partial charge in [-0.15, -0.1) is 0 Å². The van der Waals surface area contributed by atoms with E-state index in [1.807, 2.05) is 60.8 Å². The lowest BCUT2D eigenvalue weighted by molar-refractivity contribution is -0.145. The van der Waals surface area contributed by atoms with Crippen LogP contribution in [0.3, 0.4) is 0 Å². The van der Waals surface area contributed by atoms with Crippen molar-refractivity contribution in [1.29, 1.82) is 0 Å². The number of ether oxygens (including phenoxy) is 1. The van der Waals surface area contributed by atoms with E-state index in [0.29, 0.717) is 6.42 Å². The van der Waals surface area contributed by atoms with Gasteiger partial charge in [-0.2, -0.15) is 0 Å². The number of hydrogen-bond acceptors (Lipinski definition) is 4. The molecule has 2 heterocycles. The molecule has 2 N–H and O–H groups in total. The summed E-state index contributed by atoms with van der Waals surface area (Å²) in [4.78, 5) is 42.4. The van der Waals surface area contributed by atoms with Crippen LogP contribution in [-0.2, 0) is 25.5 Å². The first-order chi connectivity index (χ1) is 14.6. The first-order valence-corrected chi connectivity index (χ1v) is 9.85. The predicted molar refractivity (Wildman–Crippen MR) is 113 cm³/mol. The second kappa shape index (κ2) is 8.41. The summed E-state index contributed by atoms with van der Waals surface area (Å²) in [7, 11) is 1.30. The molecule has 4 rings (SSSR count). The van der Waals surface area contributed by atoms with E-state index in [2.05, 4.69) is 10.3 Å². The summed E-state index contributed by atoms with van der Waals surface area (Å²) in [6.07, 6.45) is 2.25. The third-order valence-corrected chi connectivity index (χ3v) is 5.46. The average molecular weight is 405 g/mol. The first-order valence-electron chi connectivity index (χ1n) is 9.85. The Morgan fingerprint density at radius 2 is 1.90 bits per heavy atom. The lowest BCUT2D eigenvalue weighted by atomic mass is 10.0. The minimum Gasteiger partial charge on any atom is -0.467 e. The van der Waals surface area contributed by atoms with E-state index >= 15 is 0 Å². The molecular weight excluding hydrogens is 382 g/mol. The molecule has 1 aliphatic rings. The van der Waals surface area contributed by atoms with Crippen LogP contribution in [-0.4, -0.2) is 42.5 Å². The van der Waals surface area contributed by atoms with Gasteiger partial charge < -0.3 is 19.9 Å². The second-order valence-electron chi connectivity index (χ2n) is 7.39. The third-order valence-electron chi connectivity index (χ3n) is 5.46. The number of anilines is 1. The van der Waals surface area contributed by atoms with Gasteiger partial charge in [0, 0.05) is 42.2 Å². The van der Waals surface area contributed by atoms with Crippen molar-refractivity contribution in [2.75, 3.05) is 18.6 Å². The SMILES string of the molecule is COC(=O)[C@@H](Cc1c[nH]c2ccccc12)NC(=O)[C@H]1CC(=O)N(c2ccccc2)C1. The average Bonchev–Trinajstić information content (AvgIpc) is 3.37. The Morgan fingerprint density at radius 1 is 1.17 bits per heavy atom. The third kappa shape index (κ3) is 3.91. The van der Waals surface area contributed by atoms with Gasteiger partial charge in [0.05, 0.1) is 13.0 Å². The topological polar surface area (TPSA) is 91.5 Å². The molecule has 2 amide bonds. The molecule has 154 valence electrons. The lowest BCUT2D eigenvalue weighted by Crippen LogP contribution is -2.46. The molecular formula is C23H23N3O4. The van der Waals surface area contributed by atoms with E-state index in [1.54, 1.807) is 4.90 Å². The normalized spacial score (nSPS) is 17.2. The Balaban J connectivity index is 1.47. The van der Waals surface area contributed by atoms with Crippen molar-refractivity contribution in [2.24, 2.45) is 5.92 Å². The molecule has 3 aromatic rings. The van der Waals surface area contributed by atoms with E-state index in [4.69, 9.17) is 4.74 Å². The number of nitrogens with zero attached hydrogens (tertiary/aromatic N) is 1. The molecule has 1 aliphatic heterocycles. The molecule has 1 fully saturated rings. The molecule has 2 aromatic carbocycles. The fourth-order valence-corrected chi connectivity index (χ4v) is 3.89. The fourth-order valence-electron chi connectivity index (χ4n) is 3.89. The number of hydrogen-bond donors (Lipinski definition) is 2. The quantitative estimate of drug-likeness (QED) is 0.616. The van der Waals surface area contributed by atoms with E-state index < -0.39 is 17.9 Å². The van der Waals surface area contributed by atoms with Gasteiger partial charge in [-0.25, -0.2) is 4.79 Å². The molecule has 7 nitrogen and oxygen atoms in total. The minimum atomic E-state index is -0.831. The molecule has 2 atom stereocenters. The van der Waals surface area contributed by atoms with Crippen molar-refractivity contribution in [3.63, 3.8) is 0 Å². The van der Waals surface area contributed by atoms with Crippen LogP contribution < -0.4 is 10.2 Å². The molecule has 0 saturated carbocycles. The maximum atomic E-state index is 12.9. The number of carbonyl (C=O) groups excluding carboxylic acids is 3. The van der Waals surface area contributed by atoms with Crippen LogP contribution in [0.1, 0.15) is 12.0 Å². The summed E-state index contributed by atoms with van der Waals surface area (Å²) in [6.45, 7) is 0.287. The number of para-hydroxylation sites is 2. The second-order valence-corrected chi connectivity index (χ2v) is 7.39. The van der Waals surface area contributed by atoms with E-state index in [9.17, 15) is 14.4 Å². The molecule has 0 radical (unpaired) electrons. The number of amides is 2. The van der Waals surface area contributed by atoms with Crippen LogP contribution in [0.5, 0.6) is 0 Å². The van der Waals surface area contributed by atoms with Gasteiger partial charge in [0.2, 0.25) is 11.8 Å². The Morgan fingerprint density at radius 3 is 2.67 bits per heavy atom. The summed E-state index contributed by atoms with van der Waals surface area (Å²) in [5.41, 5.74) is 2.64. The van der Waals surface area contributed by atoms with Crippen LogP contribution >= 0.6 is 0 Å². The molecule has 0 unspecified atom stereocenters. The highest BCUT2D eigenvalue weighted by molar-refractivity contribution is 6.01. The van der Waals surface area contributed by atoms with Crippen LogP contribution in [0.15, 0.2) is 60.8 Å². The smallest absolute Gasteiger partial charge is 0.328 e. The Labute approximate surface area is 174 Å². The number of aromatic amines is 1. The number of H-pyrrole nitrogens is 1. The van der Waals surface area contributed by atoms with Crippen molar-refractivity contribution in [3.8, 4) is 0 Å². The number of esters is 1. The molecule has 1 aromatic heterocycles. The zero-order valence-electron chi connectivity index (χ0n) is 16.6. The van der Waals surface area contributed by atoms with Gasteiger partial charge in [0.15, 0.2) is 0 Å². The lowest BCUT2D eigenvalue weighted by Gasteiger charge is -2.19. The zero-order chi connectivity index (χ0) is 21.1. The number of rotatable bonds is 6. The van der Waals surface area contributed by atoms with Crippen LogP contribution in [0.4, 0.5) is 5.69 Å². The number of nitrogens with one attached hydrogen (secondary N) is 2. The fraction of sp³-hybridized carbons (Fsp3) is 0.261. The van der Waals surface area contributed by atoms with Crippen molar-refractivity contribution < 1.29 is 19.1 Å². The van der Waals surface area contributed by atoms with Crippen LogP contribution in [0, 0.1) is 5.92 Å². The summed E-state index contributed by atoms with van der Waals surface area (Å²) in [5.74, 6) is -1.46. The van der Waals surface area contributed by atoms with Crippen molar-refractivity contribution >= 4 is 34.4 Å². The van der Waals surface area contributed by atoms with Gasteiger partial charge >= 0.3 is 5.97 Å². The number of carbonyl (C=O) groups is 3. The van der Waals surface area contributed by atoms with Gasteiger partial charge in [0.25, 0.3) is 0 Å². The summed E-state index contributed by atoms with van der Waals surface area (Å²) < 4.78 is 4.91. The summed E-state index contributed by atoms with van der Waals surface area (Å²) >= 11 is 0. The maximum Gasteiger partial charge on any atom is 0.328 e. The van der Waals surface area contributed by atoms with Gasteiger partial charge in [-0.1, -0.05) is 36.4 Å². The molecule has 0 bridgehead atoms. The Bertz CT molecular complexity index is 1080. The number of fused-ring (bicyclic) bond motifs is 1. The standard InChI is InChI=1S/C23H23N3O4/c1-30-23(29)20(11-15-13-24-19-10-6-5-9-18(15)19)25-22(28)16-12-21(27)26(14-16)17-7-3-2-4-8-17/h2-10,13,16,20,24H,11-12,14H2,1H3,(H,25,28)/t16-,20+/m0/s1. The Kier molecular flexibility index (Phi) is 5.52. The minimum absolute atomic E-state index is 0.104. The van der Waals surface area contributed by atoms with Gasteiger partial charge in [0.1, 0.15) is 6.04 Å². The summed E-state index contributed by atoms with van der Waals surface area (Å²) in [6, 6.07) is 16.2. The largest absolute Gasteiger partial charge is 0.467 e. The molecule has 1 saturated heterocycles.